The number of anilines is 2. The molecular formula is C15H20ClN3O2. The molecule has 0 aliphatic carbocycles. The standard InChI is InChI=1S/C15H20ClN3O2/c1-9(2)14(17)15(21)18-10-5-6-12(11(16)8-10)19-7-3-4-13(19)20/h5-6,8-9,14H,3-4,7,17H2,1-2H3,(H,18,21). The second-order valence-electron chi connectivity index (χ2n) is 5.57. The molecule has 1 fully saturated rings. The normalized spacial score (nSPS) is 16.4. The zero-order chi connectivity index (χ0) is 15.6. The molecule has 5 nitrogen and oxygen atoms in total. The Balaban J connectivity index is 2.12. The van der Waals surface area contributed by atoms with E-state index in [-0.39, 0.29) is 17.7 Å². The lowest BCUT2D eigenvalue weighted by molar-refractivity contribution is -0.118. The van der Waals surface area contributed by atoms with Gasteiger partial charge in [0.1, 0.15) is 0 Å². The van der Waals surface area contributed by atoms with E-state index in [9.17, 15) is 9.59 Å². The first-order valence-corrected chi connectivity index (χ1v) is 7.44. The second-order valence-corrected chi connectivity index (χ2v) is 5.98. The maximum atomic E-state index is 11.9. The summed E-state index contributed by atoms with van der Waals surface area (Å²) in [6.07, 6.45) is 1.40. The van der Waals surface area contributed by atoms with E-state index < -0.39 is 6.04 Å². The lowest BCUT2D eigenvalue weighted by Gasteiger charge is -2.19. The fourth-order valence-corrected chi connectivity index (χ4v) is 2.52. The predicted octanol–water partition coefficient (Wildman–Crippen LogP) is 2.39. The van der Waals surface area contributed by atoms with Crippen LogP contribution in [0.5, 0.6) is 0 Å². The Bertz CT molecular complexity index is 560. The van der Waals surface area contributed by atoms with Crippen LogP contribution >= 0.6 is 11.6 Å². The number of nitrogens with one attached hydrogen (secondary N) is 1. The molecule has 1 heterocycles. The Morgan fingerprint density at radius 3 is 2.67 bits per heavy atom. The fraction of sp³-hybridized carbons (Fsp3) is 0.467. The van der Waals surface area contributed by atoms with Gasteiger partial charge in [0.15, 0.2) is 0 Å². The van der Waals surface area contributed by atoms with Crippen molar-refractivity contribution in [2.24, 2.45) is 11.7 Å². The highest BCUT2D eigenvalue weighted by molar-refractivity contribution is 6.34. The Morgan fingerprint density at radius 1 is 1.43 bits per heavy atom. The molecule has 0 saturated carbocycles. The number of nitrogens with two attached hydrogens (primary N) is 1. The molecule has 1 atom stereocenters. The van der Waals surface area contributed by atoms with E-state index in [1.165, 1.54) is 0 Å². The Morgan fingerprint density at radius 2 is 2.14 bits per heavy atom. The van der Waals surface area contributed by atoms with Crippen molar-refractivity contribution in [3.05, 3.63) is 23.2 Å². The minimum absolute atomic E-state index is 0.0574. The van der Waals surface area contributed by atoms with Crippen LogP contribution in [0.1, 0.15) is 26.7 Å². The van der Waals surface area contributed by atoms with Crippen molar-refractivity contribution in [2.45, 2.75) is 32.7 Å². The van der Waals surface area contributed by atoms with Gasteiger partial charge in [0.25, 0.3) is 0 Å². The molecule has 6 heteroatoms. The lowest BCUT2D eigenvalue weighted by atomic mass is 10.0. The van der Waals surface area contributed by atoms with Crippen LogP contribution in [0.25, 0.3) is 0 Å². The molecule has 1 aliphatic heterocycles. The van der Waals surface area contributed by atoms with Gasteiger partial charge in [-0.3, -0.25) is 9.59 Å². The van der Waals surface area contributed by atoms with Crippen molar-refractivity contribution < 1.29 is 9.59 Å². The van der Waals surface area contributed by atoms with E-state index in [1.54, 1.807) is 23.1 Å². The fourth-order valence-electron chi connectivity index (χ4n) is 2.23. The van der Waals surface area contributed by atoms with Crippen LogP contribution in [0.15, 0.2) is 18.2 Å². The van der Waals surface area contributed by atoms with Crippen molar-refractivity contribution in [3.63, 3.8) is 0 Å². The quantitative estimate of drug-likeness (QED) is 0.896. The minimum atomic E-state index is -0.566. The minimum Gasteiger partial charge on any atom is -0.325 e. The van der Waals surface area contributed by atoms with Crippen molar-refractivity contribution >= 4 is 34.8 Å². The largest absolute Gasteiger partial charge is 0.325 e. The topological polar surface area (TPSA) is 75.4 Å². The monoisotopic (exact) mass is 309 g/mol. The van der Waals surface area contributed by atoms with Crippen molar-refractivity contribution in [2.75, 3.05) is 16.8 Å². The first kappa shape index (κ1) is 15.8. The zero-order valence-electron chi connectivity index (χ0n) is 12.2. The van der Waals surface area contributed by atoms with Gasteiger partial charge in [-0.1, -0.05) is 25.4 Å². The molecule has 1 aliphatic rings. The molecule has 1 aromatic rings. The first-order chi connectivity index (χ1) is 9.90. The van der Waals surface area contributed by atoms with Crippen LogP contribution in [-0.4, -0.2) is 24.4 Å². The van der Waals surface area contributed by atoms with Gasteiger partial charge in [-0.2, -0.15) is 0 Å². The average Bonchev–Trinajstić information content (AvgIpc) is 2.84. The highest BCUT2D eigenvalue weighted by Crippen LogP contribution is 2.31. The van der Waals surface area contributed by atoms with E-state index in [1.807, 2.05) is 13.8 Å². The molecular weight excluding hydrogens is 290 g/mol. The van der Waals surface area contributed by atoms with Gasteiger partial charge in [-0.05, 0) is 30.5 Å². The van der Waals surface area contributed by atoms with Crippen LogP contribution in [-0.2, 0) is 9.59 Å². The van der Waals surface area contributed by atoms with E-state index >= 15 is 0 Å². The van der Waals surface area contributed by atoms with Crippen LogP contribution in [0.3, 0.4) is 0 Å². The summed E-state index contributed by atoms with van der Waals surface area (Å²) in [4.78, 5) is 25.3. The molecule has 0 aromatic heterocycles. The van der Waals surface area contributed by atoms with Gasteiger partial charge in [0, 0.05) is 18.7 Å². The lowest BCUT2D eigenvalue weighted by Crippen LogP contribution is -2.39. The van der Waals surface area contributed by atoms with Crippen LogP contribution in [0, 0.1) is 5.92 Å². The molecule has 1 saturated heterocycles. The molecule has 2 amide bonds. The van der Waals surface area contributed by atoms with E-state index in [2.05, 4.69) is 5.32 Å². The summed E-state index contributed by atoms with van der Waals surface area (Å²) < 4.78 is 0. The first-order valence-electron chi connectivity index (χ1n) is 7.06. The van der Waals surface area contributed by atoms with Gasteiger partial charge in [-0.15, -0.1) is 0 Å². The number of rotatable bonds is 4. The average molecular weight is 310 g/mol. The van der Waals surface area contributed by atoms with Gasteiger partial charge < -0.3 is 16.0 Å². The van der Waals surface area contributed by atoms with Crippen molar-refractivity contribution in [1.29, 1.82) is 0 Å². The molecule has 1 aromatic carbocycles. The summed E-state index contributed by atoms with van der Waals surface area (Å²) in [5.41, 5.74) is 7.06. The van der Waals surface area contributed by atoms with Crippen LogP contribution in [0.2, 0.25) is 5.02 Å². The van der Waals surface area contributed by atoms with Crippen molar-refractivity contribution in [3.8, 4) is 0 Å². The summed E-state index contributed by atoms with van der Waals surface area (Å²) in [6.45, 7) is 4.46. The zero-order valence-corrected chi connectivity index (χ0v) is 13.0. The van der Waals surface area contributed by atoms with Crippen molar-refractivity contribution in [1.82, 2.24) is 0 Å². The third-order valence-electron chi connectivity index (χ3n) is 3.60. The van der Waals surface area contributed by atoms with E-state index in [0.717, 1.165) is 6.42 Å². The number of nitrogens with zero attached hydrogens (tertiary/aromatic N) is 1. The molecule has 3 N–H and O–H groups in total. The molecule has 114 valence electrons. The third kappa shape index (κ3) is 3.54. The maximum absolute atomic E-state index is 11.9. The summed E-state index contributed by atoms with van der Waals surface area (Å²) in [6, 6.07) is 4.57. The van der Waals surface area contributed by atoms with Gasteiger partial charge >= 0.3 is 0 Å². The van der Waals surface area contributed by atoms with E-state index in [0.29, 0.717) is 29.4 Å². The molecule has 0 spiro atoms. The van der Waals surface area contributed by atoms with Gasteiger partial charge in [-0.25, -0.2) is 0 Å². The highest BCUT2D eigenvalue weighted by atomic mass is 35.5. The summed E-state index contributed by atoms with van der Waals surface area (Å²) in [7, 11) is 0. The summed E-state index contributed by atoms with van der Waals surface area (Å²) in [5.74, 6) is -0.108. The van der Waals surface area contributed by atoms with Gasteiger partial charge in [0.05, 0.1) is 16.8 Å². The molecule has 21 heavy (non-hydrogen) atoms. The summed E-state index contributed by atoms with van der Waals surface area (Å²) in [5, 5.41) is 3.19. The number of carbonyl (C=O) groups is 2. The smallest absolute Gasteiger partial charge is 0.241 e. The molecule has 0 radical (unpaired) electrons. The number of halogens is 1. The Labute approximate surface area is 129 Å². The Hall–Kier alpha value is -1.59. The van der Waals surface area contributed by atoms with Crippen LogP contribution < -0.4 is 16.0 Å². The highest BCUT2D eigenvalue weighted by Gasteiger charge is 2.24. The number of hydrogen-bond acceptors (Lipinski definition) is 3. The number of carbonyl (C=O) groups excluding carboxylic acids is 2. The third-order valence-corrected chi connectivity index (χ3v) is 3.90. The maximum Gasteiger partial charge on any atom is 0.241 e. The molecule has 2 rings (SSSR count). The van der Waals surface area contributed by atoms with Crippen LogP contribution in [0.4, 0.5) is 11.4 Å². The number of hydrogen-bond donors (Lipinski definition) is 2. The second kappa shape index (κ2) is 6.45. The van der Waals surface area contributed by atoms with E-state index in [4.69, 9.17) is 17.3 Å². The number of benzene rings is 1. The Kier molecular flexibility index (Phi) is 4.85. The SMILES string of the molecule is CC(C)C(N)C(=O)Nc1ccc(N2CCCC2=O)c(Cl)c1. The molecule has 0 bridgehead atoms. The summed E-state index contributed by atoms with van der Waals surface area (Å²) >= 11 is 6.22. The predicted molar refractivity (Wildman–Crippen MR) is 84.5 cm³/mol. The molecule has 1 unspecified atom stereocenters. The van der Waals surface area contributed by atoms with Gasteiger partial charge in [0.2, 0.25) is 11.8 Å². The number of amides is 2.